The van der Waals surface area contributed by atoms with Gasteiger partial charge in [-0.25, -0.2) is 4.79 Å². The zero-order chi connectivity index (χ0) is 12.3. The molecule has 0 heterocycles. The highest BCUT2D eigenvalue weighted by Gasteiger charge is 2.10. The smallest absolute Gasteiger partial charge is 0.332 e. The molecule has 0 atom stereocenters. The molecule has 0 unspecified atom stereocenters. The molecular weight excluding hydrogens is 218 g/mol. The summed E-state index contributed by atoms with van der Waals surface area (Å²) < 4.78 is 10.0. The second-order valence-corrected chi connectivity index (χ2v) is 4.50. The second kappa shape index (κ2) is 9.42. The molecule has 0 amide bonds. The molecule has 0 saturated heterocycles. The molecule has 1 N–H and O–H groups in total. The lowest BCUT2D eigenvalue weighted by Crippen LogP contribution is -2.32. The second-order valence-electron chi connectivity index (χ2n) is 4.50. The molecule has 1 saturated carbocycles. The Kier molecular flexibility index (Phi) is 8.01. The van der Waals surface area contributed by atoms with E-state index in [9.17, 15) is 4.79 Å². The van der Waals surface area contributed by atoms with E-state index in [1.165, 1.54) is 38.5 Å². The Morgan fingerprint density at radius 1 is 1.24 bits per heavy atom. The van der Waals surface area contributed by atoms with Crippen molar-refractivity contribution in [2.75, 3.05) is 26.4 Å². The van der Waals surface area contributed by atoms with Crippen molar-refractivity contribution < 1.29 is 14.3 Å². The minimum absolute atomic E-state index is 0.0696. The van der Waals surface area contributed by atoms with Gasteiger partial charge in [-0.1, -0.05) is 25.7 Å². The Labute approximate surface area is 104 Å². The first-order valence-corrected chi connectivity index (χ1v) is 6.79. The summed E-state index contributed by atoms with van der Waals surface area (Å²) in [6.07, 6.45) is 7.97. The van der Waals surface area contributed by atoms with Crippen LogP contribution in [0.5, 0.6) is 0 Å². The predicted octanol–water partition coefficient (Wildman–Crippen LogP) is 1.88. The largest absolute Gasteiger partial charge is 0.464 e. The molecule has 4 heteroatoms. The molecule has 0 spiro atoms. The summed E-state index contributed by atoms with van der Waals surface area (Å²) in [5, 5.41) is 3.49. The van der Waals surface area contributed by atoms with Crippen molar-refractivity contribution in [2.24, 2.45) is 0 Å². The molecule has 1 fully saturated rings. The number of carbonyl (C=O) groups excluding carboxylic acids is 1. The van der Waals surface area contributed by atoms with Gasteiger partial charge in [0.05, 0.1) is 13.2 Å². The van der Waals surface area contributed by atoms with Gasteiger partial charge in [-0.3, -0.25) is 0 Å². The van der Waals surface area contributed by atoms with Crippen LogP contribution in [0.15, 0.2) is 0 Å². The average Bonchev–Trinajstić information content (AvgIpc) is 2.57. The van der Waals surface area contributed by atoms with Crippen molar-refractivity contribution >= 4 is 5.97 Å². The number of hydrogen-bond acceptors (Lipinski definition) is 4. The van der Waals surface area contributed by atoms with Gasteiger partial charge >= 0.3 is 5.97 Å². The van der Waals surface area contributed by atoms with Crippen LogP contribution in [0, 0.1) is 0 Å². The minimum Gasteiger partial charge on any atom is -0.464 e. The van der Waals surface area contributed by atoms with Crippen molar-refractivity contribution in [1.29, 1.82) is 0 Å². The van der Waals surface area contributed by atoms with Crippen LogP contribution < -0.4 is 5.32 Å². The molecule has 1 aliphatic rings. The fraction of sp³-hybridized carbons (Fsp3) is 0.923. The molecule has 100 valence electrons. The van der Waals surface area contributed by atoms with Crippen LogP contribution >= 0.6 is 0 Å². The third-order valence-corrected chi connectivity index (χ3v) is 3.06. The summed E-state index contributed by atoms with van der Waals surface area (Å²) in [7, 11) is 0. The third kappa shape index (κ3) is 7.34. The average molecular weight is 243 g/mol. The number of esters is 1. The minimum atomic E-state index is -0.276. The van der Waals surface area contributed by atoms with Crippen molar-refractivity contribution in [2.45, 2.75) is 51.5 Å². The monoisotopic (exact) mass is 243 g/mol. The first kappa shape index (κ1) is 14.5. The summed E-state index contributed by atoms with van der Waals surface area (Å²) in [6, 6.07) is 0.642. The number of carbonyl (C=O) groups is 1. The quantitative estimate of drug-likeness (QED) is 0.421. The Morgan fingerprint density at radius 2 is 1.94 bits per heavy atom. The maximum atomic E-state index is 11.0. The van der Waals surface area contributed by atoms with Gasteiger partial charge in [-0.05, 0) is 19.8 Å². The van der Waals surface area contributed by atoms with Crippen molar-refractivity contribution in [3.05, 3.63) is 0 Å². The number of ether oxygens (including phenoxy) is 2. The van der Waals surface area contributed by atoms with Crippen LogP contribution in [0.2, 0.25) is 0 Å². The van der Waals surface area contributed by atoms with Crippen LogP contribution in [-0.2, 0) is 14.3 Å². The molecule has 0 aromatic carbocycles. The zero-order valence-corrected chi connectivity index (χ0v) is 10.9. The Morgan fingerprint density at radius 3 is 2.59 bits per heavy atom. The SMILES string of the molecule is CCOC(=O)COCCNC1CCCCCC1. The van der Waals surface area contributed by atoms with Crippen molar-refractivity contribution in [3.63, 3.8) is 0 Å². The van der Waals surface area contributed by atoms with Gasteiger partial charge in [-0.15, -0.1) is 0 Å². The standard InChI is InChI=1S/C13H25NO3/c1-2-17-13(15)11-16-10-9-14-12-7-5-3-4-6-8-12/h12,14H,2-11H2,1H3. The number of nitrogens with one attached hydrogen (secondary N) is 1. The van der Waals surface area contributed by atoms with Gasteiger partial charge in [0.15, 0.2) is 0 Å². The van der Waals surface area contributed by atoms with Crippen LogP contribution in [0.4, 0.5) is 0 Å². The van der Waals surface area contributed by atoms with E-state index >= 15 is 0 Å². The Bertz CT molecular complexity index is 201. The third-order valence-electron chi connectivity index (χ3n) is 3.06. The van der Waals surface area contributed by atoms with Crippen LogP contribution in [0.25, 0.3) is 0 Å². The first-order valence-electron chi connectivity index (χ1n) is 6.79. The highest BCUT2D eigenvalue weighted by molar-refractivity contribution is 5.70. The van der Waals surface area contributed by atoms with E-state index in [1.807, 2.05) is 0 Å². The summed E-state index contributed by atoms with van der Waals surface area (Å²) in [5.41, 5.74) is 0. The van der Waals surface area contributed by atoms with E-state index in [1.54, 1.807) is 6.92 Å². The highest BCUT2D eigenvalue weighted by atomic mass is 16.6. The molecule has 0 aromatic rings. The van der Waals surface area contributed by atoms with E-state index in [2.05, 4.69) is 5.32 Å². The van der Waals surface area contributed by atoms with Crippen LogP contribution in [0.3, 0.4) is 0 Å². The maximum Gasteiger partial charge on any atom is 0.332 e. The molecule has 0 radical (unpaired) electrons. The number of hydrogen-bond donors (Lipinski definition) is 1. The lowest BCUT2D eigenvalue weighted by molar-refractivity contribution is -0.148. The normalized spacial score (nSPS) is 17.7. The topological polar surface area (TPSA) is 47.6 Å². The van der Waals surface area contributed by atoms with E-state index in [0.717, 1.165) is 6.54 Å². The molecule has 0 aromatic heterocycles. The molecule has 4 nitrogen and oxygen atoms in total. The van der Waals surface area contributed by atoms with Crippen molar-refractivity contribution in [3.8, 4) is 0 Å². The molecule has 17 heavy (non-hydrogen) atoms. The lowest BCUT2D eigenvalue weighted by atomic mass is 10.1. The van der Waals surface area contributed by atoms with E-state index in [-0.39, 0.29) is 12.6 Å². The first-order chi connectivity index (χ1) is 8.33. The summed E-state index contributed by atoms with van der Waals surface area (Å²) >= 11 is 0. The maximum absolute atomic E-state index is 11.0. The summed E-state index contributed by atoms with van der Waals surface area (Å²) in [6.45, 7) is 3.69. The lowest BCUT2D eigenvalue weighted by Gasteiger charge is -2.15. The fourth-order valence-electron chi connectivity index (χ4n) is 2.18. The van der Waals surface area contributed by atoms with Gasteiger partial charge in [0.25, 0.3) is 0 Å². The number of rotatable bonds is 7. The van der Waals surface area contributed by atoms with Gasteiger partial charge < -0.3 is 14.8 Å². The van der Waals surface area contributed by atoms with Crippen LogP contribution in [-0.4, -0.2) is 38.4 Å². The highest BCUT2D eigenvalue weighted by Crippen LogP contribution is 2.16. The van der Waals surface area contributed by atoms with Gasteiger partial charge in [0.2, 0.25) is 0 Å². The molecule has 1 aliphatic carbocycles. The zero-order valence-electron chi connectivity index (χ0n) is 10.9. The van der Waals surface area contributed by atoms with E-state index in [4.69, 9.17) is 9.47 Å². The molecular formula is C13H25NO3. The Hall–Kier alpha value is -0.610. The van der Waals surface area contributed by atoms with Gasteiger partial charge in [-0.2, -0.15) is 0 Å². The van der Waals surface area contributed by atoms with Crippen molar-refractivity contribution in [1.82, 2.24) is 5.32 Å². The van der Waals surface area contributed by atoms with Gasteiger partial charge in [0, 0.05) is 12.6 Å². The summed E-state index contributed by atoms with van der Waals surface area (Å²) in [5.74, 6) is -0.276. The van der Waals surface area contributed by atoms with E-state index < -0.39 is 0 Å². The summed E-state index contributed by atoms with van der Waals surface area (Å²) in [4.78, 5) is 11.0. The Balaban J connectivity index is 1.94. The molecule has 1 rings (SSSR count). The predicted molar refractivity (Wildman–Crippen MR) is 66.9 cm³/mol. The molecule has 0 bridgehead atoms. The molecule has 0 aliphatic heterocycles. The van der Waals surface area contributed by atoms with Gasteiger partial charge in [0.1, 0.15) is 6.61 Å². The fourth-order valence-corrected chi connectivity index (χ4v) is 2.18. The van der Waals surface area contributed by atoms with E-state index in [0.29, 0.717) is 19.3 Å². The van der Waals surface area contributed by atoms with Crippen LogP contribution in [0.1, 0.15) is 45.4 Å².